The summed E-state index contributed by atoms with van der Waals surface area (Å²) in [6, 6.07) is 6.28. The summed E-state index contributed by atoms with van der Waals surface area (Å²) in [5, 5.41) is 4.33. The highest BCUT2D eigenvalue weighted by Crippen LogP contribution is 2.23. The second-order valence-corrected chi connectivity index (χ2v) is 4.82. The molecule has 0 atom stereocenters. The van der Waals surface area contributed by atoms with Crippen LogP contribution >= 0.6 is 11.3 Å². The molecule has 5 nitrogen and oxygen atoms in total. The van der Waals surface area contributed by atoms with E-state index in [1.165, 1.54) is 19.4 Å². The average molecular weight is 293 g/mol. The van der Waals surface area contributed by atoms with Gasteiger partial charge in [0.15, 0.2) is 0 Å². The van der Waals surface area contributed by atoms with Crippen LogP contribution in [-0.2, 0) is 4.74 Å². The number of rotatable bonds is 4. The smallest absolute Gasteiger partial charge is 0.350 e. The number of ether oxygens (including phenoxy) is 1. The van der Waals surface area contributed by atoms with Crippen molar-refractivity contribution < 1.29 is 13.9 Å². The van der Waals surface area contributed by atoms with Crippen molar-refractivity contribution in [2.24, 2.45) is 5.10 Å². The van der Waals surface area contributed by atoms with Crippen LogP contribution in [0.25, 0.3) is 0 Å². The number of carbonyl (C=O) groups is 1. The van der Waals surface area contributed by atoms with Crippen molar-refractivity contribution in [1.82, 2.24) is 4.98 Å². The van der Waals surface area contributed by atoms with Crippen LogP contribution in [0.4, 0.5) is 9.52 Å². The van der Waals surface area contributed by atoms with Crippen molar-refractivity contribution >= 4 is 28.7 Å². The Hall–Kier alpha value is -2.28. The van der Waals surface area contributed by atoms with E-state index in [4.69, 9.17) is 0 Å². The predicted molar refractivity (Wildman–Crippen MR) is 75.8 cm³/mol. The summed E-state index contributed by atoms with van der Waals surface area (Å²) >= 11 is 1.13. The molecule has 0 unspecified atom stereocenters. The molecule has 7 heteroatoms. The monoisotopic (exact) mass is 293 g/mol. The molecule has 0 spiro atoms. The van der Waals surface area contributed by atoms with Crippen LogP contribution in [0.15, 0.2) is 29.4 Å². The average Bonchev–Trinajstić information content (AvgIpc) is 2.81. The topological polar surface area (TPSA) is 63.6 Å². The molecule has 2 aromatic rings. The number of anilines is 1. The summed E-state index contributed by atoms with van der Waals surface area (Å²) < 4.78 is 18.0. The van der Waals surface area contributed by atoms with Gasteiger partial charge in [0.2, 0.25) is 5.13 Å². The number of benzene rings is 1. The number of aryl methyl sites for hydroxylation is 1. The van der Waals surface area contributed by atoms with E-state index in [9.17, 15) is 9.18 Å². The molecule has 0 saturated heterocycles. The zero-order valence-corrected chi connectivity index (χ0v) is 11.7. The molecule has 1 N–H and O–H groups in total. The van der Waals surface area contributed by atoms with E-state index in [0.717, 1.165) is 11.3 Å². The van der Waals surface area contributed by atoms with E-state index < -0.39 is 5.97 Å². The van der Waals surface area contributed by atoms with Crippen molar-refractivity contribution in [3.8, 4) is 0 Å². The van der Waals surface area contributed by atoms with Gasteiger partial charge in [-0.3, -0.25) is 5.43 Å². The van der Waals surface area contributed by atoms with E-state index >= 15 is 0 Å². The first-order chi connectivity index (χ1) is 9.61. The molecule has 0 aliphatic carbocycles. The molecule has 1 aromatic heterocycles. The first kappa shape index (κ1) is 14.1. The Morgan fingerprint density at radius 1 is 1.50 bits per heavy atom. The molecule has 0 aliphatic heterocycles. The lowest BCUT2D eigenvalue weighted by molar-refractivity contribution is 0.0605. The summed E-state index contributed by atoms with van der Waals surface area (Å²) in [4.78, 5) is 16.0. The third kappa shape index (κ3) is 3.18. The van der Waals surface area contributed by atoms with Crippen molar-refractivity contribution in [3.63, 3.8) is 0 Å². The summed E-state index contributed by atoms with van der Waals surface area (Å²) in [6.45, 7) is 1.70. The Labute approximate surface area is 119 Å². The van der Waals surface area contributed by atoms with Crippen LogP contribution in [0.5, 0.6) is 0 Å². The van der Waals surface area contributed by atoms with Crippen molar-refractivity contribution in [3.05, 3.63) is 46.2 Å². The molecule has 0 bridgehead atoms. The fraction of sp³-hybridized carbons (Fsp3) is 0.154. The Kier molecular flexibility index (Phi) is 4.41. The number of hydrogen-bond donors (Lipinski definition) is 1. The van der Waals surface area contributed by atoms with Gasteiger partial charge in [0.1, 0.15) is 10.7 Å². The highest BCUT2D eigenvalue weighted by Gasteiger charge is 2.15. The zero-order chi connectivity index (χ0) is 14.5. The van der Waals surface area contributed by atoms with Crippen LogP contribution in [0.1, 0.15) is 20.9 Å². The lowest BCUT2D eigenvalue weighted by Gasteiger charge is -1.95. The molecule has 0 radical (unpaired) electrons. The normalized spacial score (nSPS) is 10.8. The lowest BCUT2D eigenvalue weighted by atomic mass is 10.2. The third-order valence-corrected chi connectivity index (χ3v) is 3.48. The minimum Gasteiger partial charge on any atom is -0.465 e. The number of hydrogen-bond acceptors (Lipinski definition) is 6. The first-order valence-corrected chi connectivity index (χ1v) is 6.53. The molecule has 104 valence electrons. The summed E-state index contributed by atoms with van der Waals surface area (Å²) in [6.07, 6.45) is 1.35. The molecule has 2 rings (SSSR count). The van der Waals surface area contributed by atoms with Gasteiger partial charge in [-0.25, -0.2) is 14.2 Å². The molecular weight excluding hydrogens is 281 g/mol. The Balaban J connectivity index is 2.08. The summed E-state index contributed by atoms with van der Waals surface area (Å²) in [7, 11) is 1.31. The fourth-order valence-corrected chi connectivity index (χ4v) is 2.30. The summed E-state index contributed by atoms with van der Waals surface area (Å²) in [5.74, 6) is -0.797. The second kappa shape index (κ2) is 6.25. The maximum absolute atomic E-state index is 13.3. The molecule has 20 heavy (non-hydrogen) atoms. The Morgan fingerprint density at radius 2 is 2.25 bits per heavy atom. The first-order valence-electron chi connectivity index (χ1n) is 5.71. The van der Waals surface area contributed by atoms with E-state index in [-0.39, 0.29) is 5.82 Å². The maximum Gasteiger partial charge on any atom is 0.350 e. The highest BCUT2D eigenvalue weighted by atomic mass is 32.1. The van der Waals surface area contributed by atoms with Crippen LogP contribution in [0.2, 0.25) is 0 Å². The van der Waals surface area contributed by atoms with Gasteiger partial charge >= 0.3 is 5.97 Å². The number of halogens is 1. The van der Waals surface area contributed by atoms with Crippen molar-refractivity contribution in [2.75, 3.05) is 12.5 Å². The number of nitrogens with one attached hydrogen (secondary N) is 1. The number of hydrazone groups is 1. The number of esters is 1. The standard InChI is InChI=1S/C13H12FN3O2S/c1-8-11(12(18)19-2)20-13(16-8)17-15-7-9-5-3-4-6-10(9)14/h3-7H,1-2H3,(H,16,17)/b15-7-. The number of carbonyl (C=O) groups excluding carboxylic acids is 1. The SMILES string of the molecule is COC(=O)c1sc(N/N=C\c2ccccc2F)nc1C. The van der Waals surface area contributed by atoms with E-state index in [1.54, 1.807) is 25.1 Å². The molecular formula is C13H12FN3O2S. The molecule has 0 fully saturated rings. The van der Waals surface area contributed by atoms with Gasteiger partial charge in [-0.1, -0.05) is 29.5 Å². The second-order valence-electron chi connectivity index (χ2n) is 3.82. The molecule has 0 amide bonds. The van der Waals surface area contributed by atoms with Crippen LogP contribution in [0.3, 0.4) is 0 Å². The fourth-order valence-electron chi connectivity index (χ4n) is 1.46. The third-order valence-electron chi connectivity index (χ3n) is 2.44. The molecule has 1 heterocycles. The van der Waals surface area contributed by atoms with Gasteiger partial charge in [0, 0.05) is 5.56 Å². The highest BCUT2D eigenvalue weighted by molar-refractivity contribution is 7.17. The van der Waals surface area contributed by atoms with Gasteiger partial charge < -0.3 is 4.74 Å². The van der Waals surface area contributed by atoms with Crippen molar-refractivity contribution in [1.29, 1.82) is 0 Å². The number of nitrogens with zero attached hydrogens (tertiary/aromatic N) is 2. The minimum absolute atomic E-state index is 0.358. The van der Waals surface area contributed by atoms with Gasteiger partial charge in [0.05, 0.1) is 19.0 Å². The van der Waals surface area contributed by atoms with Crippen molar-refractivity contribution in [2.45, 2.75) is 6.92 Å². The maximum atomic E-state index is 13.3. The number of thiazole rings is 1. The van der Waals surface area contributed by atoms with Crippen LogP contribution in [0, 0.1) is 12.7 Å². The Morgan fingerprint density at radius 3 is 2.95 bits per heavy atom. The predicted octanol–water partition coefficient (Wildman–Crippen LogP) is 2.82. The number of methoxy groups -OCH3 is 1. The van der Waals surface area contributed by atoms with Crippen LogP contribution < -0.4 is 5.43 Å². The number of aromatic nitrogens is 1. The molecule has 1 aromatic carbocycles. The van der Waals surface area contributed by atoms with Gasteiger partial charge in [-0.15, -0.1) is 0 Å². The molecule has 0 saturated carbocycles. The van der Waals surface area contributed by atoms with Gasteiger partial charge in [-0.2, -0.15) is 5.10 Å². The molecule has 0 aliphatic rings. The van der Waals surface area contributed by atoms with E-state index in [1.807, 2.05) is 0 Å². The Bertz CT molecular complexity index is 655. The lowest BCUT2D eigenvalue weighted by Crippen LogP contribution is -1.99. The minimum atomic E-state index is -0.439. The van der Waals surface area contributed by atoms with Gasteiger partial charge in [0.25, 0.3) is 0 Å². The zero-order valence-electron chi connectivity index (χ0n) is 10.9. The van der Waals surface area contributed by atoms with E-state index in [2.05, 4.69) is 20.2 Å². The van der Waals surface area contributed by atoms with Crippen LogP contribution in [-0.4, -0.2) is 24.3 Å². The van der Waals surface area contributed by atoms with E-state index in [0.29, 0.717) is 21.3 Å². The quantitative estimate of drug-likeness (QED) is 0.535. The summed E-state index contributed by atoms with van der Waals surface area (Å²) in [5.41, 5.74) is 3.59. The van der Waals surface area contributed by atoms with Gasteiger partial charge in [-0.05, 0) is 13.0 Å². The largest absolute Gasteiger partial charge is 0.465 e.